The third-order valence-corrected chi connectivity index (χ3v) is 6.51. The fraction of sp³-hybridized carbons (Fsp3) is 0.200. The maximum Gasteiger partial charge on any atom is 0.490 e. The smallest absolute Gasteiger partial charge is 0.490 e. The number of aryl methyl sites for hydroxylation is 1. The Balaban J connectivity index is 0.000000559. The minimum atomic E-state index is -5.08. The van der Waals surface area contributed by atoms with Crippen LogP contribution in [0, 0.1) is 6.92 Å². The van der Waals surface area contributed by atoms with E-state index in [1.165, 1.54) is 30.1 Å². The van der Waals surface area contributed by atoms with Crippen LogP contribution in [0.2, 0.25) is 5.02 Å². The molecule has 3 N–H and O–H groups in total. The van der Waals surface area contributed by atoms with Crippen molar-refractivity contribution < 1.29 is 47.2 Å². The summed E-state index contributed by atoms with van der Waals surface area (Å²) >= 11 is 7.60. The molecule has 2 aromatic carbocycles. The lowest BCUT2D eigenvalue weighted by Crippen LogP contribution is -2.21. The van der Waals surface area contributed by atoms with Crippen molar-refractivity contribution >= 4 is 56.8 Å². The lowest BCUT2D eigenvalue weighted by atomic mass is 10.1. The molecule has 4 aromatic rings. The van der Waals surface area contributed by atoms with Gasteiger partial charge < -0.3 is 24.3 Å². The minimum absolute atomic E-state index is 0.234. The van der Waals surface area contributed by atoms with Crippen molar-refractivity contribution in [3.63, 3.8) is 0 Å². The van der Waals surface area contributed by atoms with Gasteiger partial charge in [-0.3, -0.25) is 14.9 Å². The van der Waals surface area contributed by atoms with Crippen LogP contribution < -0.4 is 14.8 Å². The van der Waals surface area contributed by atoms with Crippen LogP contribution in [0.5, 0.6) is 11.5 Å². The van der Waals surface area contributed by atoms with E-state index in [9.17, 15) is 27.9 Å². The number of carboxylic acid groups (broad SMARTS) is 2. The summed E-state index contributed by atoms with van der Waals surface area (Å²) in [6.07, 6.45) is -5.08. The number of aromatic nitrogens is 2. The molecule has 10 nitrogen and oxygen atoms in total. The SMILES string of the molecule is COc1cc(OC)c(-c2nc(NC(=O)c3cc4ccccc4n3CC(=O)O)sc2C)cc1Cl.O=C(O)C(F)(F)F. The van der Waals surface area contributed by atoms with Crippen LogP contribution in [0.4, 0.5) is 18.3 Å². The van der Waals surface area contributed by atoms with Crippen LogP contribution in [-0.4, -0.2) is 58.0 Å². The second-order valence-corrected chi connectivity index (χ2v) is 9.55. The molecule has 0 atom stereocenters. The summed E-state index contributed by atoms with van der Waals surface area (Å²) < 4.78 is 43.9. The molecule has 2 heterocycles. The number of methoxy groups -OCH3 is 2. The molecule has 1 amide bonds. The monoisotopic (exact) mass is 599 g/mol. The zero-order valence-electron chi connectivity index (χ0n) is 21.0. The highest BCUT2D eigenvalue weighted by molar-refractivity contribution is 7.16. The summed E-state index contributed by atoms with van der Waals surface area (Å²) in [6.45, 7) is 1.54. The molecule has 2 aromatic heterocycles. The lowest BCUT2D eigenvalue weighted by Gasteiger charge is -2.11. The topological polar surface area (TPSA) is 140 Å². The molecule has 0 aliphatic carbocycles. The van der Waals surface area contributed by atoms with Crippen molar-refractivity contribution in [2.45, 2.75) is 19.6 Å². The Morgan fingerprint density at radius 2 is 1.70 bits per heavy atom. The number of carbonyl (C=O) groups excluding carboxylic acids is 1. The molecule has 0 fully saturated rings. The van der Waals surface area contributed by atoms with Gasteiger partial charge in [0, 0.05) is 27.4 Å². The van der Waals surface area contributed by atoms with Gasteiger partial charge in [0.15, 0.2) is 5.13 Å². The van der Waals surface area contributed by atoms with Gasteiger partial charge in [-0.25, -0.2) is 9.78 Å². The molecular weight excluding hydrogens is 579 g/mol. The average Bonchev–Trinajstić information content (AvgIpc) is 3.43. The Morgan fingerprint density at radius 1 is 1.07 bits per heavy atom. The molecule has 0 aliphatic heterocycles. The van der Waals surface area contributed by atoms with Crippen LogP contribution in [0.3, 0.4) is 0 Å². The van der Waals surface area contributed by atoms with Gasteiger partial charge in [0.05, 0.1) is 24.9 Å². The number of nitrogens with zero attached hydrogens (tertiary/aromatic N) is 2. The highest BCUT2D eigenvalue weighted by Crippen LogP contribution is 2.41. The summed E-state index contributed by atoms with van der Waals surface area (Å²) in [5, 5.41) is 20.8. The molecule has 4 rings (SSSR count). The van der Waals surface area contributed by atoms with E-state index >= 15 is 0 Å². The summed E-state index contributed by atoms with van der Waals surface area (Å²) in [4.78, 5) is 38.8. The second-order valence-electron chi connectivity index (χ2n) is 7.94. The first kappa shape index (κ1) is 30.2. The van der Waals surface area contributed by atoms with Gasteiger partial charge in [0.25, 0.3) is 5.91 Å². The van der Waals surface area contributed by atoms with Crippen molar-refractivity contribution in [3.8, 4) is 22.8 Å². The number of amides is 1. The van der Waals surface area contributed by atoms with Crippen molar-refractivity contribution in [1.82, 2.24) is 9.55 Å². The minimum Gasteiger partial charge on any atom is -0.496 e. The van der Waals surface area contributed by atoms with Gasteiger partial charge in [0.1, 0.15) is 23.7 Å². The van der Waals surface area contributed by atoms with Crippen LogP contribution in [0.1, 0.15) is 15.4 Å². The predicted molar refractivity (Wildman–Crippen MR) is 142 cm³/mol. The molecule has 0 unspecified atom stereocenters. The van der Waals surface area contributed by atoms with Crippen LogP contribution in [0.25, 0.3) is 22.2 Å². The van der Waals surface area contributed by atoms with Gasteiger partial charge in [0.2, 0.25) is 0 Å². The van der Waals surface area contributed by atoms with E-state index in [-0.39, 0.29) is 12.2 Å². The number of nitrogens with one attached hydrogen (secondary N) is 1. The number of benzene rings is 2. The first-order chi connectivity index (χ1) is 18.8. The number of halogens is 4. The normalized spacial score (nSPS) is 11.0. The van der Waals surface area contributed by atoms with Gasteiger partial charge >= 0.3 is 18.1 Å². The largest absolute Gasteiger partial charge is 0.496 e. The van der Waals surface area contributed by atoms with Crippen molar-refractivity contribution in [2.75, 3.05) is 19.5 Å². The number of ether oxygens (including phenoxy) is 2. The Bertz CT molecular complexity index is 1580. The highest BCUT2D eigenvalue weighted by Gasteiger charge is 2.38. The van der Waals surface area contributed by atoms with Crippen molar-refractivity contribution in [3.05, 3.63) is 58.1 Å². The van der Waals surface area contributed by atoms with E-state index in [4.69, 9.17) is 31.0 Å². The number of anilines is 1. The standard InChI is InChI=1S/C23H20ClN3O5S.C2HF3O2/c1-12-21(14-9-15(24)19(32-3)10-18(14)31-2)25-23(33-12)26-22(30)17-8-13-6-4-5-7-16(13)27(17)11-20(28)29;3-2(4,5)1(6)7/h4-10H,11H2,1-3H3,(H,28,29)(H,25,26,30);(H,6,7). The number of hydrogen-bond acceptors (Lipinski definition) is 7. The van der Waals surface area contributed by atoms with Crippen LogP contribution in [0.15, 0.2) is 42.5 Å². The Hall–Kier alpha value is -4.30. The Kier molecular flexibility index (Phi) is 9.27. The van der Waals surface area contributed by atoms with E-state index < -0.39 is 24.0 Å². The van der Waals surface area contributed by atoms with Gasteiger partial charge in [-0.05, 0) is 25.1 Å². The molecule has 0 aliphatic rings. The van der Waals surface area contributed by atoms with E-state index in [1.807, 2.05) is 19.1 Å². The third-order valence-electron chi connectivity index (χ3n) is 5.33. The third kappa shape index (κ3) is 6.82. The van der Waals surface area contributed by atoms with Crippen molar-refractivity contribution in [1.29, 1.82) is 0 Å². The summed E-state index contributed by atoms with van der Waals surface area (Å²) in [7, 11) is 3.06. The maximum atomic E-state index is 13.1. The van der Waals surface area contributed by atoms with Crippen LogP contribution >= 0.6 is 22.9 Å². The molecule has 15 heteroatoms. The zero-order valence-corrected chi connectivity index (χ0v) is 22.6. The molecule has 0 bridgehead atoms. The molecule has 212 valence electrons. The number of fused-ring (bicyclic) bond motifs is 1. The zero-order chi connectivity index (χ0) is 29.8. The second kappa shape index (κ2) is 12.3. The number of rotatable bonds is 7. The molecule has 0 saturated heterocycles. The van der Waals surface area contributed by atoms with Crippen molar-refractivity contribution in [2.24, 2.45) is 0 Å². The summed E-state index contributed by atoms with van der Waals surface area (Å²) in [5.41, 5.74) is 2.18. The number of alkyl halides is 3. The highest BCUT2D eigenvalue weighted by atomic mass is 35.5. The van der Waals surface area contributed by atoms with Crippen LogP contribution in [-0.2, 0) is 16.1 Å². The lowest BCUT2D eigenvalue weighted by molar-refractivity contribution is -0.192. The molecular formula is C25H21ClF3N3O7S. The first-order valence-electron chi connectivity index (χ1n) is 11.1. The van der Waals surface area contributed by atoms with E-state index in [2.05, 4.69) is 10.3 Å². The number of aliphatic carboxylic acids is 2. The Morgan fingerprint density at radius 3 is 2.27 bits per heavy atom. The van der Waals surface area contributed by atoms with Gasteiger partial charge in [-0.2, -0.15) is 13.2 Å². The van der Waals surface area contributed by atoms with Gasteiger partial charge in [-0.1, -0.05) is 29.8 Å². The quantitative estimate of drug-likeness (QED) is 0.245. The summed E-state index contributed by atoms with van der Waals surface area (Å²) in [5.74, 6) is -3.24. The fourth-order valence-electron chi connectivity index (χ4n) is 3.61. The predicted octanol–water partition coefficient (Wildman–Crippen LogP) is 5.71. The van der Waals surface area contributed by atoms with E-state index in [0.717, 1.165) is 10.3 Å². The average molecular weight is 600 g/mol. The molecule has 40 heavy (non-hydrogen) atoms. The number of hydrogen-bond donors (Lipinski definition) is 3. The molecule has 0 saturated carbocycles. The van der Waals surface area contributed by atoms with E-state index in [0.29, 0.717) is 38.4 Å². The molecule has 0 radical (unpaired) electrons. The number of carbonyl (C=O) groups is 3. The number of para-hydroxylation sites is 1. The maximum absolute atomic E-state index is 13.1. The van der Waals surface area contributed by atoms with E-state index in [1.54, 1.807) is 30.3 Å². The number of carboxylic acids is 2. The summed E-state index contributed by atoms with van der Waals surface area (Å²) in [6, 6.07) is 12.3. The first-order valence-corrected chi connectivity index (χ1v) is 12.3. The fourth-order valence-corrected chi connectivity index (χ4v) is 4.67. The number of thiazole rings is 1. The Labute approximate surface area is 233 Å². The van der Waals surface area contributed by atoms with Gasteiger partial charge in [-0.15, -0.1) is 11.3 Å². The molecule has 0 spiro atoms.